The molecule has 0 spiro atoms. The molecule has 0 aliphatic carbocycles. The summed E-state index contributed by atoms with van der Waals surface area (Å²) in [7, 11) is -4.82. The molecule has 9 heteroatoms. The van der Waals surface area contributed by atoms with Gasteiger partial charge in [0.1, 0.15) is 10.1 Å². The van der Waals surface area contributed by atoms with Gasteiger partial charge in [-0.15, -0.1) is 0 Å². The molecule has 0 saturated heterocycles. The van der Waals surface area contributed by atoms with Crippen LogP contribution in [0.15, 0.2) is 47.4 Å². The average molecular weight is 853 g/mol. The van der Waals surface area contributed by atoms with E-state index in [2.05, 4.69) is 38.2 Å². The Labute approximate surface area is 385 Å². The number of hydrogen-bond donors (Lipinski definition) is 0. The minimum Gasteiger partial charge on any atom is -0.744 e. The molecular formula is C50H85NaO7S. The van der Waals surface area contributed by atoms with Gasteiger partial charge in [0.25, 0.3) is 0 Å². The van der Waals surface area contributed by atoms with Crippen LogP contribution in [0.5, 0.6) is 0 Å². The van der Waals surface area contributed by atoms with Gasteiger partial charge in [0.05, 0.1) is 29.2 Å². The summed E-state index contributed by atoms with van der Waals surface area (Å²) in [5.41, 5.74) is -0.331. The molecule has 0 unspecified atom stereocenters. The van der Waals surface area contributed by atoms with Crippen LogP contribution in [0.25, 0.3) is 0 Å². The Balaban J connectivity index is 0.0000336. The molecule has 0 radical (unpaired) electrons. The summed E-state index contributed by atoms with van der Waals surface area (Å²) in [6, 6.07) is 3.15. The van der Waals surface area contributed by atoms with Crippen LogP contribution in [0, 0.1) is 0 Å². The Hall–Kier alpha value is -1.45. The summed E-state index contributed by atoms with van der Waals surface area (Å²) < 4.78 is 45.9. The van der Waals surface area contributed by atoms with Crippen molar-refractivity contribution in [1.29, 1.82) is 0 Å². The van der Waals surface area contributed by atoms with Crippen molar-refractivity contribution in [2.24, 2.45) is 0 Å². The van der Waals surface area contributed by atoms with Gasteiger partial charge in [-0.05, 0) is 69.6 Å². The standard InChI is InChI=1S/C50H86O7S.Na/c1-3-5-7-9-11-13-15-17-19-21-23-25-27-29-31-33-35-37-39-43-56-49(51)47-42-41-46(58(53,54)55)45-48(47)50(52)57-44-40-38-36-34-32-30-28-26-24-22-20-18-16-14-12-10-8-6-4-2;/h5-8,41-42,45H,3-4,9-40,43-44H2,1-2H3,(H,53,54,55);/q;+1/p-1/b7-5+,8-6+;. The minimum atomic E-state index is -4.82. The first-order valence-electron chi connectivity index (χ1n) is 24.0. The molecule has 334 valence electrons. The zero-order valence-electron chi connectivity index (χ0n) is 38.3. The second-order valence-electron chi connectivity index (χ2n) is 16.4. The molecule has 0 N–H and O–H groups in total. The summed E-state index contributed by atoms with van der Waals surface area (Å²) in [5, 5.41) is 0. The molecule has 0 bridgehead atoms. The van der Waals surface area contributed by atoms with E-state index in [4.69, 9.17) is 9.47 Å². The van der Waals surface area contributed by atoms with E-state index in [1.54, 1.807) is 0 Å². The monoisotopic (exact) mass is 853 g/mol. The number of esters is 2. The Bertz CT molecular complexity index is 1310. The smallest absolute Gasteiger partial charge is 0.744 e. The van der Waals surface area contributed by atoms with Crippen molar-refractivity contribution < 1.29 is 61.6 Å². The fourth-order valence-electron chi connectivity index (χ4n) is 7.40. The molecule has 0 atom stereocenters. The van der Waals surface area contributed by atoms with Crippen LogP contribution in [0.2, 0.25) is 0 Å². The van der Waals surface area contributed by atoms with E-state index in [0.29, 0.717) is 12.8 Å². The quantitative estimate of drug-likeness (QED) is 0.0212. The number of unbranched alkanes of at least 4 members (excludes halogenated alkanes) is 30. The maximum Gasteiger partial charge on any atom is 1.00 e. The number of benzene rings is 1. The van der Waals surface area contributed by atoms with E-state index < -0.39 is 27.0 Å². The summed E-state index contributed by atoms with van der Waals surface area (Å²) in [5.74, 6) is -1.54. The van der Waals surface area contributed by atoms with Crippen LogP contribution in [0.4, 0.5) is 0 Å². The van der Waals surface area contributed by atoms with Crippen LogP contribution in [0.1, 0.15) is 253 Å². The second kappa shape index (κ2) is 41.9. The van der Waals surface area contributed by atoms with Gasteiger partial charge in [0.15, 0.2) is 0 Å². The van der Waals surface area contributed by atoms with E-state index >= 15 is 0 Å². The van der Waals surface area contributed by atoms with Gasteiger partial charge in [-0.3, -0.25) is 0 Å². The number of carbonyl (C=O) groups excluding carboxylic acids is 2. The molecule has 7 nitrogen and oxygen atoms in total. The van der Waals surface area contributed by atoms with Gasteiger partial charge in [0.2, 0.25) is 0 Å². The SMILES string of the molecule is CC/C=C/CCCCCCCCCCCCCCCCCOC(=O)c1ccc(S(=O)(=O)[O-])cc1C(=O)OCCCCCCCCCCCCCCCCC/C=C/CC.[Na+]. The van der Waals surface area contributed by atoms with Crippen LogP contribution >= 0.6 is 0 Å². The summed E-state index contributed by atoms with van der Waals surface area (Å²) in [4.78, 5) is 25.3. The van der Waals surface area contributed by atoms with Crippen LogP contribution in [0.3, 0.4) is 0 Å². The first kappa shape index (κ1) is 57.5. The van der Waals surface area contributed by atoms with Gasteiger partial charge in [-0.1, -0.05) is 205 Å². The van der Waals surface area contributed by atoms with E-state index in [-0.39, 0.29) is 53.9 Å². The van der Waals surface area contributed by atoms with Gasteiger partial charge in [0, 0.05) is 0 Å². The summed E-state index contributed by atoms with van der Waals surface area (Å²) in [6.07, 6.45) is 50.8. The average Bonchev–Trinajstić information content (AvgIpc) is 3.21. The predicted molar refractivity (Wildman–Crippen MR) is 242 cm³/mol. The number of allylic oxidation sites excluding steroid dienone is 4. The maximum absolute atomic E-state index is 13.0. The maximum atomic E-state index is 13.0. The molecular weight excluding hydrogens is 768 g/mol. The molecule has 0 aliphatic rings. The number of carbonyl (C=O) groups is 2. The molecule has 0 saturated carbocycles. The van der Waals surface area contributed by atoms with E-state index in [9.17, 15) is 22.6 Å². The van der Waals surface area contributed by atoms with Crippen LogP contribution in [-0.4, -0.2) is 38.1 Å². The van der Waals surface area contributed by atoms with Gasteiger partial charge >= 0.3 is 41.5 Å². The van der Waals surface area contributed by atoms with Crippen LogP contribution in [-0.2, 0) is 19.6 Å². The van der Waals surface area contributed by atoms with Crippen molar-refractivity contribution in [2.75, 3.05) is 13.2 Å². The van der Waals surface area contributed by atoms with E-state index in [0.717, 1.165) is 57.1 Å². The Morgan fingerprint density at radius 2 is 0.746 bits per heavy atom. The molecule has 0 aromatic heterocycles. The normalized spacial score (nSPS) is 11.7. The third kappa shape index (κ3) is 34.8. The zero-order valence-corrected chi connectivity index (χ0v) is 41.1. The third-order valence-electron chi connectivity index (χ3n) is 11.0. The molecule has 1 aromatic rings. The molecule has 59 heavy (non-hydrogen) atoms. The van der Waals surface area contributed by atoms with Crippen molar-refractivity contribution in [3.63, 3.8) is 0 Å². The third-order valence-corrected chi connectivity index (χ3v) is 11.9. The van der Waals surface area contributed by atoms with E-state index in [1.165, 1.54) is 167 Å². The molecule has 0 aliphatic heterocycles. The fourth-order valence-corrected chi connectivity index (χ4v) is 7.90. The second-order valence-corrected chi connectivity index (χ2v) is 17.8. The number of rotatable bonds is 41. The van der Waals surface area contributed by atoms with E-state index in [1.807, 2.05) is 0 Å². The first-order valence-corrected chi connectivity index (χ1v) is 25.5. The Morgan fingerprint density at radius 3 is 1.05 bits per heavy atom. The Kier molecular flexibility index (Phi) is 40.9. The van der Waals surface area contributed by atoms with Gasteiger partial charge in [-0.2, -0.15) is 0 Å². The van der Waals surface area contributed by atoms with Crippen molar-refractivity contribution in [1.82, 2.24) is 0 Å². The van der Waals surface area contributed by atoms with Crippen molar-refractivity contribution in [3.8, 4) is 0 Å². The Morgan fingerprint density at radius 1 is 0.458 bits per heavy atom. The molecule has 0 amide bonds. The molecule has 0 fully saturated rings. The predicted octanol–water partition coefficient (Wildman–Crippen LogP) is 12.3. The largest absolute Gasteiger partial charge is 1.00 e. The van der Waals surface area contributed by atoms with Crippen molar-refractivity contribution in [2.45, 2.75) is 237 Å². The summed E-state index contributed by atoms with van der Waals surface area (Å²) >= 11 is 0. The van der Waals surface area contributed by atoms with Crippen LogP contribution < -0.4 is 29.6 Å². The van der Waals surface area contributed by atoms with Crippen molar-refractivity contribution >= 4 is 22.1 Å². The molecule has 0 heterocycles. The number of ether oxygens (including phenoxy) is 2. The van der Waals surface area contributed by atoms with Gasteiger partial charge < -0.3 is 14.0 Å². The molecule has 1 aromatic carbocycles. The minimum absolute atomic E-state index is 0. The van der Waals surface area contributed by atoms with Crippen molar-refractivity contribution in [3.05, 3.63) is 53.6 Å². The first-order chi connectivity index (χ1) is 28.3. The number of hydrogen-bond acceptors (Lipinski definition) is 7. The zero-order chi connectivity index (χ0) is 42.2. The topological polar surface area (TPSA) is 110 Å². The molecule has 1 rings (SSSR count). The fraction of sp³-hybridized carbons (Fsp3) is 0.760. The van der Waals surface area contributed by atoms with Gasteiger partial charge in [-0.25, -0.2) is 18.0 Å². The summed E-state index contributed by atoms with van der Waals surface area (Å²) in [6.45, 7) is 4.74.